The highest BCUT2D eigenvalue weighted by Gasteiger charge is 2.24. The minimum absolute atomic E-state index is 0.0119. The SMILES string of the molecule is CCCNC(=O)N1CCCC(C(N)=S)C1. The van der Waals surface area contributed by atoms with Gasteiger partial charge in [-0.05, 0) is 19.3 Å². The van der Waals surface area contributed by atoms with Crippen molar-refractivity contribution < 1.29 is 4.79 Å². The maximum Gasteiger partial charge on any atom is 0.317 e. The van der Waals surface area contributed by atoms with E-state index in [0.29, 0.717) is 11.5 Å². The maximum absolute atomic E-state index is 11.7. The molecule has 0 saturated carbocycles. The average Bonchev–Trinajstić information content (AvgIpc) is 2.26. The van der Waals surface area contributed by atoms with E-state index in [1.54, 1.807) is 0 Å². The number of carbonyl (C=O) groups excluding carboxylic acids is 1. The van der Waals surface area contributed by atoms with Crippen molar-refractivity contribution in [3.63, 3.8) is 0 Å². The summed E-state index contributed by atoms with van der Waals surface area (Å²) in [6.07, 6.45) is 2.95. The number of thiocarbonyl (C=S) groups is 1. The Hall–Kier alpha value is -0.840. The molecule has 1 unspecified atom stereocenters. The third kappa shape index (κ3) is 3.66. The minimum Gasteiger partial charge on any atom is -0.393 e. The van der Waals surface area contributed by atoms with Crippen LogP contribution in [0.3, 0.4) is 0 Å². The van der Waals surface area contributed by atoms with Crippen molar-refractivity contribution >= 4 is 23.2 Å². The number of nitrogens with zero attached hydrogens (tertiary/aromatic N) is 1. The van der Waals surface area contributed by atoms with E-state index in [0.717, 1.165) is 32.4 Å². The smallest absolute Gasteiger partial charge is 0.317 e. The van der Waals surface area contributed by atoms with E-state index in [1.165, 1.54) is 0 Å². The molecule has 0 aromatic heterocycles. The number of rotatable bonds is 3. The summed E-state index contributed by atoms with van der Waals surface area (Å²) in [4.78, 5) is 14.0. The molecule has 1 heterocycles. The molecule has 1 fully saturated rings. The summed E-state index contributed by atoms with van der Waals surface area (Å²) in [6, 6.07) is 0.0119. The third-order valence-electron chi connectivity index (χ3n) is 2.64. The maximum atomic E-state index is 11.7. The average molecular weight is 229 g/mol. The van der Waals surface area contributed by atoms with Gasteiger partial charge in [0.1, 0.15) is 0 Å². The van der Waals surface area contributed by atoms with Crippen molar-refractivity contribution in [2.45, 2.75) is 26.2 Å². The molecule has 0 aromatic carbocycles. The Bertz CT molecular complexity index is 245. The van der Waals surface area contributed by atoms with Gasteiger partial charge < -0.3 is 16.0 Å². The van der Waals surface area contributed by atoms with Gasteiger partial charge in [-0.2, -0.15) is 0 Å². The predicted octanol–water partition coefficient (Wildman–Crippen LogP) is 1.10. The quantitative estimate of drug-likeness (QED) is 0.713. The molecule has 3 N–H and O–H groups in total. The Balaban J connectivity index is 2.41. The van der Waals surface area contributed by atoms with E-state index in [9.17, 15) is 4.79 Å². The lowest BCUT2D eigenvalue weighted by atomic mass is 9.98. The molecular weight excluding hydrogens is 210 g/mol. The van der Waals surface area contributed by atoms with Crippen molar-refractivity contribution in [2.75, 3.05) is 19.6 Å². The van der Waals surface area contributed by atoms with Gasteiger partial charge in [0.25, 0.3) is 0 Å². The van der Waals surface area contributed by atoms with Crippen LogP contribution in [-0.2, 0) is 0 Å². The number of hydrogen-bond donors (Lipinski definition) is 2. The Morgan fingerprint density at radius 3 is 3.00 bits per heavy atom. The largest absolute Gasteiger partial charge is 0.393 e. The molecule has 5 heteroatoms. The van der Waals surface area contributed by atoms with Gasteiger partial charge in [0.05, 0.1) is 4.99 Å². The van der Waals surface area contributed by atoms with Crippen molar-refractivity contribution in [3.8, 4) is 0 Å². The molecule has 2 amide bonds. The molecule has 0 radical (unpaired) electrons. The molecular formula is C10H19N3OS. The fraction of sp³-hybridized carbons (Fsp3) is 0.800. The predicted molar refractivity (Wildman–Crippen MR) is 64.8 cm³/mol. The van der Waals surface area contributed by atoms with Gasteiger partial charge in [0.2, 0.25) is 0 Å². The summed E-state index contributed by atoms with van der Waals surface area (Å²) in [6.45, 7) is 4.25. The summed E-state index contributed by atoms with van der Waals surface area (Å²) in [7, 11) is 0. The summed E-state index contributed by atoms with van der Waals surface area (Å²) < 4.78 is 0. The second-order valence-electron chi connectivity index (χ2n) is 3.92. The van der Waals surface area contributed by atoms with Crippen LogP contribution in [0.25, 0.3) is 0 Å². The number of amides is 2. The van der Waals surface area contributed by atoms with Crippen molar-refractivity contribution in [3.05, 3.63) is 0 Å². The monoisotopic (exact) mass is 229 g/mol. The van der Waals surface area contributed by atoms with Crippen LogP contribution in [0.1, 0.15) is 26.2 Å². The van der Waals surface area contributed by atoms with Crippen LogP contribution in [0.4, 0.5) is 4.79 Å². The van der Waals surface area contributed by atoms with Crippen molar-refractivity contribution in [1.29, 1.82) is 0 Å². The molecule has 0 bridgehead atoms. The van der Waals surface area contributed by atoms with Gasteiger partial charge in [-0.1, -0.05) is 19.1 Å². The first-order valence-electron chi connectivity index (χ1n) is 5.47. The summed E-state index contributed by atoms with van der Waals surface area (Å²) in [5.74, 6) is 0.195. The molecule has 86 valence electrons. The van der Waals surface area contributed by atoms with Crippen LogP contribution >= 0.6 is 12.2 Å². The number of nitrogens with one attached hydrogen (secondary N) is 1. The number of nitrogens with two attached hydrogens (primary N) is 1. The van der Waals surface area contributed by atoms with Gasteiger partial charge in [-0.25, -0.2) is 4.79 Å². The number of piperidine rings is 1. The molecule has 0 spiro atoms. The lowest BCUT2D eigenvalue weighted by molar-refractivity contribution is 0.178. The van der Waals surface area contributed by atoms with Gasteiger partial charge in [0.15, 0.2) is 0 Å². The first-order valence-corrected chi connectivity index (χ1v) is 5.88. The highest BCUT2D eigenvalue weighted by Crippen LogP contribution is 2.16. The molecule has 1 aliphatic heterocycles. The van der Waals surface area contributed by atoms with Crippen LogP contribution in [0.15, 0.2) is 0 Å². The van der Waals surface area contributed by atoms with E-state index in [-0.39, 0.29) is 11.9 Å². The second kappa shape index (κ2) is 5.90. The minimum atomic E-state index is 0.0119. The van der Waals surface area contributed by atoms with Gasteiger partial charge in [0, 0.05) is 25.6 Å². The number of likely N-dealkylation sites (tertiary alicyclic amines) is 1. The van der Waals surface area contributed by atoms with E-state index in [1.807, 2.05) is 11.8 Å². The molecule has 1 saturated heterocycles. The molecule has 4 nitrogen and oxygen atoms in total. The lowest BCUT2D eigenvalue weighted by Crippen LogP contribution is -2.47. The summed E-state index contributed by atoms with van der Waals surface area (Å²) in [5.41, 5.74) is 5.60. The van der Waals surface area contributed by atoms with Crippen LogP contribution in [-0.4, -0.2) is 35.6 Å². The number of hydrogen-bond acceptors (Lipinski definition) is 2. The molecule has 1 rings (SSSR count). The zero-order valence-corrected chi connectivity index (χ0v) is 9.98. The fourth-order valence-electron chi connectivity index (χ4n) is 1.74. The molecule has 15 heavy (non-hydrogen) atoms. The Morgan fingerprint density at radius 1 is 1.67 bits per heavy atom. The molecule has 1 atom stereocenters. The topological polar surface area (TPSA) is 58.4 Å². The van der Waals surface area contributed by atoms with Crippen molar-refractivity contribution in [1.82, 2.24) is 10.2 Å². The highest BCUT2D eigenvalue weighted by atomic mass is 32.1. The van der Waals surface area contributed by atoms with Gasteiger partial charge in [-0.15, -0.1) is 0 Å². The van der Waals surface area contributed by atoms with E-state index < -0.39 is 0 Å². The zero-order valence-electron chi connectivity index (χ0n) is 9.16. The Labute approximate surface area is 96.2 Å². The van der Waals surface area contributed by atoms with Gasteiger partial charge in [-0.3, -0.25) is 0 Å². The Kier molecular flexibility index (Phi) is 4.81. The first kappa shape index (κ1) is 12.2. The third-order valence-corrected chi connectivity index (χ3v) is 2.97. The zero-order chi connectivity index (χ0) is 11.3. The highest BCUT2D eigenvalue weighted by molar-refractivity contribution is 7.80. The Morgan fingerprint density at radius 2 is 2.40 bits per heavy atom. The number of urea groups is 1. The van der Waals surface area contributed by atoms with E-state index >= 15 is 0 Å². The molecule has 0 aliphatic carbocycles. The van der Waals surface area contributed by atoms with Crippen LogP contribution in [0, 0.1) is 5.92 Å². The molecule has 1 aliphatic rings. The number of carbonyl (C=O) groups is 1. The normalized spacial score (nSPS) is 21.1. The fourth-order valence-corrected chi connectivity index (χ4v) is 1.93. The summed E-state index contributed by atoms with van der Waals surface area (Å²) in [5, 5.41) is 2.86. The van der Waals surface area contributed by atoms with E-state index in [2.05, 4.69) is 5.32 Å². The van der Waals surface area contributed by atoms with E-state index in [4.69, 9.17) is 18.0 Å². The summed E-state index contributed by atoms with van der Waals surface area (Å²) >= 11 is 4.96. The van der Waals surface area contributed by atoms with Crippen LogP contribution in [0.2, 0.25) is 0 Å². The van der Waals surface area contributed by atoms with Crippen LogP contribution in [0.5, 0.6) is 0 Å². The van der Waals surface area contributed by atoms with Gasteiger partial charge >= 0.3 is 6.03 Å². The first-order chi connectivity index (χ1) is 7.15. The van der Waals surface area contributed by atoms with Crippen molar-refractivity contribution in [2.24, 2.45) is 11.7 Å². The lowest BCUT2D eigenvalue weighted by Gasteiger charge is -2.32. The molecule has 0 aromatic rings. The van der Waals surface area contributed by atoms with Crippen LogP contribution < -0.4 is 11.1 Å². The second-order valence-corrected chi connectivity index (χ2v) is 4.39. The standard InChI is InChI=1S/C10H19N3OS/c1-2-5-12-10(14)13-6-3-4-8(7-13)9(11)15/h8H,2-7H2,1H3,(H2,11,15)(H,12,14).